The van der Waals surface area contributed by atoms with Crippen molar-refractivity contribution in [2.45, 2.75) is 27.2 Å². The number of anilines is 1. The van der Waals surface area contributed by atoms with Crippen LogP contribution in [0.2, 0.25) is 0 Å². The van der Waals surface area contributed by atoms with E-state index in [9.17, 15) is 0 Å². The van der Waals surface area contributed by atoms with E-state index in [1.807, 2.05) is 20.0 Å². The van der Waals surface area contributed by atoms with Gasteiger partial charge >= 0.3 is 0 Å². The summed E-state index contributed by atoms with van der Waals surface area (Å²) in [5.74, 6) is 1.89. The Labute approximate surface area is 126 Å². The molecule has 2 N–H and O–H groups in total. The molecule has 114 valence electrons. The molecule has 2 saturated heterocycles. The zero-order valence-corrected chi connectivity index (χ0v) is 13.2. The van der Waals surface area contributed by atoms with E-state index in [1.165, 1.54) is 13.0 Å². The minimum absolute atomic E-state index is 0.381. The van der Waals surface area contributed by atoms with Crippen molar-refractivity contribution >= 4 is 16.9 Å². The molecule has 2 aliphatic heterocycles. The van der Waals surface area contributed by atoms with Gasteiger partial charge in [-0.25, -0.2) is 9.97 Å². The molecule has 5 nitrogen and oxygen atoms in total. The normalized spacial score (nSPS) is 28.1. The van der Waals surface area contributed by atoms with Gasteiger partial charge in [0.25, 0.3) is 0 Å². The molecule has 2 aliphatic rings. The van der Waals surface area contributed by atoms with E-state index >= 15 is 0 Å². The first-order valence-electron chi connectivity index (χ1n) is 8.00. The van der Waals surface area contributed by atoms with E-state index in [-0.39, 0.29) is 0 Å². The van der Waals surface area contributed by atoms with Gasteiger partial charge in [0, 0.05) is 31.2 Å². The minimum atomic E-state index is 0.381. The van der Waals surface area contributed by atoms with Crippen molar-refractivity contribution < 1.29 is 0 Å². The molecular formula is C16H25N5. The lowest BCUT2D eigenvalue weighted by Gasteiger charge is -2.42. The summed E-state index contributed by atoms with van der Waals surface area (Å²) in [7, 11) is 0. The highest BCUT2D eigenvalue weighted by molar-refractivity contribution is 5.87. The second-order valence-corrected chi connectivity index (χ2v) is 6.13. The molecule has 2 aromatic rings. The van der Waals surface area contributed by atoms with Crippen LogP contribution in [0.15, 0.2) is 18.6 Å². The molecule has 2 unspecified atom stereocenters. The standard InChI is InChI=1S/C14H19N5.C2H6/c1-14-7-15-6-10(14)3-5-19(8-14)13-11-2-4-16-12(11)17-9-18-13;1-2/h2,4,9-10,15H,3,5-8H2,1H3,(H,16,17,18);1-2H3. The van der Waals surface area contributed by atoms with E-state index in [2.05, 4.69) is 38.2 Å². The first-order chi connectivity index (χ1) is 10.3. The monoisotopic (exact) mass is 287 g/mol. The summed E-state index contributed by atoms with van der Waals surface area (Å²) in [6.07, 6.45) is 4.85. The maximum atomic E-state index is 4.52. The third-order valence-electron chi connectivity index (χ3n) is 4.84. The van der Waals surface area contributed by atoms with Gasteiger partial charge in [-0.3, -0.25) is 0 Å². The van der Waals surface area contributed by atoms with Crippen molar-refractivity contribution in [1.29, 1.82) is 0 Å². The summed E-state index contributed by atoms with van der Waals surface area (Å²) >= 11 is 0. The van der Waals surface area contributed by atoms with E-state index in [0.717, 1.165) is 42.4 Å². The van der Waals surface area contributed by atoms with E-state index in [0.29, 0.717) is 5.41 Å². The van der Waals surface area contributed by atoms with Crippen LogP contribution in [0.3, 0.4) is 0 Å². The van der Waals surface area contributed by atoms with Crippen LogP contribution in [-0.4, -0.2) is 41.1 Å². The van der Waals surface area contributed by atoms with Gasteiger partial charge in [0.15, 0.2) is 0 Å². The average Bonchev–Trinajstić information content (AvgIpc) is 3.13. The third kappa shape index (κ3) is 2.39. The van der Waals surface area contributed by atoms with Crippen LogP contribution in [0, 0.1) is 11.3 Å². The highest BCUT2D eigenvalue weighted by atomic mass is 15.2. The number of hydrogen-bond acceptors (Lipinski definition) is 4. The molecule has 0 aliphatic carbocycles. The molecule has 0 saturated carbocycles. The second-order valence-electron chi connectivity index (χ2n) is 6.13. The number of aromatic amines is 1. The second kappa shape index (κ2) is 5.64. The maximum Gasteiger partial charge on any atom is 0.142 e. The van der Waals surface area contributed by atoms with Crippen molar-refractivity contribution in [3.8, 4) is 0 Å². The molecule has 2 atom stereocenters. The first-order valence-corrected chi connectivity index (χ1v) is 8.00. The molecule has 0 radical (unpaired) electrons. The largest absolute Gasteiger partial charge is 0.355 e. The highest BCUT2D eigenvalue weighted by Gasteiger charge is 2.43. The zero-order chi connectivity index (χ0) is 14.9. The molecule has 4 rings (SSSR count). The molecule has 0 aromatic carbocycles. The Morgan fingerprint density at radius 1 is 1.33 bits per heavy atom. The molecule has 2 aromatic heterocycles. The summed E-state index contributed by atoms with van der Waals surface area (Å²) in [4.78, 5) is 14.4. The van der Waals surface area contributed by atoms with Crippen molar-refractivity contribution in [2.24, 2.45) is 11.3 Å². The van der Waals surface area contributed by atoms with Gasteiger partial charge in [0.1, 0.15) is 17.8 Å². The Kier molecular flexibility index (Phi) is 3.85. The predicted molar refractivity (Wildman–Crippen MR) is 86.5 cm³/mol. The Hall–Kier alpha value is -1.62. The number of rotatable bonds is 1. The fourth-order valence-electron chi connectivity index (χ4n) is 3.68. The Morgan fingerprint density at radius 2 is 2.19 bits per heavy atom. The predicted octanol–water partition coefficient (Wildman–Crippen LogP) is 2.42. The topological polar surface area (TPSA) is 56.8 Å². The quantitative estimate of drug-likeness (QED) is 0.846. The molecule has 21 heavy (non-hydrogen) atoms. The van der Waals surface area contributed by atoms with Gasteiger partial charge < -0.3 is 15.2 Å². The number of hydrogen-bond donors (Lipinski definition) is 2. The van der Waals surface area contributed by atoms with Gasteiger partial charge in [0.05, 0.1) is 5.39 Å². The van der Waals surface area contributed by atoms with Gasteiger partial charge in [0.2, 0.25) is 0 Å². The van der Waals surface area contributed by atoms with Crippen LogP contribution in [-0.2, 0) is 0 Å². The van der Waals surface area contributed by atoms with Crippen LogP contribution in [0.25, 0.3) is 11.0 Å². The van der Waals surface area contributed by atoms with Gasteiger partial charge in [-0.1, -0.05) is 20.8 Å². The third-order valence-corrected chi connectivity index (χ3v) is 4.84. The van der Waals surface area contributed by atoms with Crippen LogP contribution >= 0.6 is 0 Å². The molecule has 4 heterocycles. The number of piperidine rings is 1. The smallest absolute Gasteiger partial charge is 0.142 e. The first kappa shape index (κ1) is 14.3. The molecular weight excluding hydrogens is 262 g/mol. The SMILES string of the molecule is CC.CC12CNCC1CCN(c1ncnc3[nH]ccc13)C2. The summed E-state index contributed by atoms with van der Waals surface area (Å²) in [6.45, 7) is 10.9. The van der Waals surface area contributed by atoms with Gasteiger partial charge in [-0.2, -0.15) is 0 Å². The Bertz CT molecular complexity index is 607. The number of aromatic nitrogens is 3. The molecule has 0 bridgehead atoms. The average molecular weight is 287 g/mol. The lowest BCUT2D eigenvalue weighted by Crippen LogP contribution is -2.47. The molecule has 0 spiro atoms. The number of nitrogens with one attached hydrogen (secondary N) is 2. The van der Waals surface area contributed by atoms with E-state index in [1.54, 1.807) is 6.33 Å². The van der Waals surface area contributed by atoms with Crippen molar-refractivity contribution in [3.05, 3.63) is 18.6 Å². The highest BCUT2D eigenvalue weighted by Crippen LogP contribution is 2.40. The molecule has 0 amide bonds. The van der Waals surface area contributed by atoms with Crippen LogP contribution in [0.4, 0.5) is 5.82 Å². The fourth-order valence-corrected chi connectivity index (χ4v) is 3.68. The van der Waals surface area contributed by atoms with E-state index in [4.69, 9.17) is 0 Å². The van der Waals surface area contributed by atoms with Crippen LogP contribution in [0.5, 0.6) is 0 Å². The summed E-state index contributed by atoms with van der Waals surface area (Å²) in [5.41, 5.74) is 1.31. The van der Waals surface area contributed by atoms with Gasteiger partial charge in [-0.15, -0.1) is 0 Å². The van der Waals surface area contributed by atoms with Crippen molar-refractivity contribution in [2.75, 3.05) is 31.1 Å². The Morgan fingerprint density at radius 3 is 3.05 bits per heavy atom. The van der Waals surface area contributed by atoms with Gasteiger partial charge in [-0.05, 0) is 24.9 Å². The zero-order valence-electron chi connectivity index (χ0n) is 13.2. The summed E-state index contributed by atoms with van der Waals surface area (Å²) in [5, 5.41) is 4.68. The summed E-state index contributed by atoms with van der Waals surface area (Å²) in [6, 6.07) is 2.08. The Balaban J connectivity index is 0.000000636. The lowest BCUT2D eigenvalue weighted by atomic mass is 9.75. The van der Waals surface area contributed by atoms with Crippen LogP contribution < -0.4 is 10.2 Å². The molecule has 5 heteroatoms. The maximum absolute atomic E-state index is 4.52. The van der Waals surface area contributed by atoms with E-state index < -0.39 is 0 Å². The number of nitrogens with zero attached hydrogens (tertiary/aromatic N) is 3. The summed E-state index contributed by atoms with van der Waals surface area (Å²) < 4.78 is 0. The fraction of sp³-hybridized carbons (Fsp3) is 0.625. The van der Waals surface area contributed by atoms with Crippen LogP contribution in [0.1, 0.15) is 27.2 Å². The molecule has 2 fully saturated rings. The van der Waals surface area contributed by atoms with Crippen molar-refractivity contribution in [1.82, 2.24) is 20.3 Å². The number of fused-ring (bicyclic) bond motifs is 2. The number of H-pyrrole nitrogens is 1. The van der Waals surface area contributed by atoms with Crippen molar-refractivity contribution in [3.63, 3.8) is 0 Å². The lowest BCUT2D eigenvalue weighted by molar-refractivity contribution is 0.215. The minimum Gasteiger partial charge on any atom is -0.355 e.